The van der Waals surface area contributed by atoms with Crippen molar-refractivity contribution >= 4 is 5.69 Å². The van der Waals surface area contributed by atoms with E-state index in [1.165, 1.54) is 11.1 Å². The lowest BCUT2D eigenvalue weighted by molar-refractivity contribution is 0.242. The van der Waals surface area contributed by atoms with Gasteiger partial charge in [-0.2, -0.15) is 0 Å². The molecule has 0 unspecified atom stereocenters. The van der Waals surface area contributed by atoms with Crippen molar-refractivity contribution in [3.63, 3.8) is 0 Å². The van der Waals surface area contributed by atoms with Gasteiger partial charge in [0, 0.05) is 23.9 Å². The van der Waals surface area contributed by atoms with Gasteiger partial charge in [-0.05, 0) is 57.4 Å². The number of aryl methyl sites for hydroxylation is 2. The Morgan fingerprint density at radius 1 is 0.905 bits per heavy atom. The second kappa shape index (κ2) is 6.08. The molecule has 0 radical (unpaired) electrons. The lowest BCUT2D eigenvalue weighted by Crippen LogP contribution is -2.06. The van der Waals surface area contributed by atoms with Gasteiger partial charge in [0.1, 0.15) is 17.2 Å². The predicted molar refractivity (Wildman–Crippen MR) is 87.3 cm³/mol. The van der Waals surface area contributed by atoms with Crippen LogP contribution in [0, 0.1) is 20.8 Å². The first kappa shape index (κ1) is 15.2. The number of nitrogens with two attached hydrogens (primary N) is 1. The molecule has 2 rings (SSSR count). The Bertz CT molecular complexity index is 648. The van der Waals surface area contributed by atoms with Crippen LogP contribution in [0.4, 0.5) is 5.69 Å². The Labute approximate surface area is 126 Å². The van der Waals surface area contributed by atoms with Crippen molar-refractivity contribution in [3.8, 4) is 17.2 Å². The maximum atomic E-state index is 6.01. The lowest BCUT2D eigenvalue weighted by Gasteiger charge is -2.15. The van der Waals surface area contributed by atoms with Crippen LogP contribution in [0.1, 0.15) is 30.5 Å². The third-order valence-corrected chi connectivity index (χ3v) is 3.27. The maximum absolute atomic E-state index is 6.01. The van der Waals surface area contributed by atoms with E-state index in [4.69, 9.17) is 15.2 Å². The first-order valence-corrected chi connectivity index (χ1v) is 7.18. The molecule has 21 heavy (non-hydrogen) atoms. The summed E-state index contributed by atoms with van der Waals surface area (Å²) < 4.78 is 11.7. The number of hydrogen-bond acceptors (Lipinski definition) is 3. The minimum atomic E-state index is 0.0996. The van der Waals surface area contributed by atoms with Crippen LogP contribution in [0.5, 0.6) is 17.2 Å². The van der Waals surface area contributed by atoms with E-state index in [9.17, 15) is 0 Å². The van der Waals surface area contributed by atoms with Crippen LogP contribution in [-0.4, -0.2) is 6.10 Å². The van der Waals surface area contributed by atoms with E-state index in [2.05, 4.69) is 26.8 Å². The maximum Gasteiger partial charge on any atom is 0.133 e. The summed E-state index contributed by atoms with van der Waals surface area (Å²) in [5, 5.41) is 0. The smallest absolute Gasteiger partial charge is 0.133 e. The van der Waals surface area contributed by atoms with Crippen LogP contribution < -0.4 is 15.2 Å². The largest absolute Gasteiger partial charge is 0.491 e. The molecule has 3 nitrogen and oxygen atoms in total. The van der Waals surface area contributed by atoms with Crippen molar-refractivity contribution in [2.45, 2.75) is 40.7 Å². The fourth-order valence-corrected chi connectivity index (χ4v) is 2.23. The van der Waals surface area contributed by atoms with E-state index in [1.54, 1.807) is 6.07 Å². The summed E-state index contributed by atoms with van der Waals surface area (Å²) in [7, 11) is 0. The zero-order chi connectivity index (χ0) is 15.6. The summed E-state index contributed by atoms with van der Waals surface area (Å²) >= 11 is 0. The summed E-state index contributed by atoms with van der Waals surface area (Å²) in [6.07, 6.45) is 0.0996. The molecule has 0 aromatic heterocycles. The molecular weight excluding hydrogens is 262 g/mol. The van der Waals surface area contributed by atoms with E-state index < -0.39 is 0 Å². The molecule has 0 heterocycles. The van der Waals surface area contributed by atoms with Gasteiger partial charge >= 0.3 is 0 Å². The molecular formula is C18H23NO2. The van der Waals surface area contributed by atoms with E-state index in [1.807, 2.05) is 32.0 Å². The van der Waals surface area contributed by atoms with Crippen LogP contribution >= 0.6 is 0 Å². The third-order valence-electron chi connectivity index (χ3n) is 3.27. The van der Waals surface area contributed by atoms with Crippen molar-refractivity contribution in [3.05, 3.63) is 47.0 Å². The molecule has 0 aliphatic rings. The van der Waals surface area contributed by atoms with Gasteiger partial charge < -0.3 is 15.2 Å². The van der Waals surface area contributed by atoms with E-state index in [0.717, 1.165) is 17.1 Å². The number of hydrogen-bond donors (Lipinski definition) is 1. The monoisotopic (exact) mass is 285 g/mol. The standard InChI is InChI=1S/C18H23NO2/c1-11(2)20-16-8-15(19)9-17(10-16)21-18-7-12(3)6-13(4)14(18)5/h6-11H,19H2,1-5H3. The van der Waals surface area contributed by atoms with Gasteiger partial charge in [-0.3, -0.25) is 0 Å². The molecule has 0 fully saturated rings. The minimum absolute atomic E-state index is 0.0996. The van der Waals surface area contributed by atoms with Gasteiger partial charge in [0.2, 0.25) is 0 Å². The number of ether oxygens (including phenoxy) is 2. The normalized spacial score (nSPS) is 10.8. The summed E-state index contributed by atoms with van der Waals surface area (Å²) in [5.41, 5.74) is 10.1. The summed E-state index contributed by atoms with van der Waals surface area (Å²) in [4.78, 5) is 0. The summed E-state index contributed by atoms with van der Waals surface area (Å²) in [5.74, 6) is 2.27. The second-order valence-electron chi connectivity index (χ2n) is 5.71. The van der Waals surface area contributed by atoms with Gasteiger partial charge in [-0.15, -0.1) is 0 Å². The topological polar surface area (TPSA) is 44.5 Å². The first-order valence-electron chi connectivity index (χ1n) is 7.18. The Morgan fingerprint density at radius 3 is 2.24 bits per heavy atom. The van der Waals surface area contributed by atoms with E-state index in [0.29, 0.717) is 11.4 Å². The zero-order valence-corrected chi connectivity index (χ0v) is 13.4. The molecule has 0 saturated heterocycles. The van der Waals surface area contributed by atoms with Gasteiger partial charge in [0.05, 0.1) is 6.10 Å². The molecule has 0 amide bonds. The van der Waals surface area contributed by atoms with Gasteiger partial charge in [0.15, 0.2) is 0 Å². The molecule has 0 aliphatic heterocycles. The molecule has 112 valence electrons. The fourth-order valence-electron chi connectivity index (χ4n) is 2.23. The van der Waals surface area contributed by atoms with Gasteiger partial charge in [0.25, 0.3) is 0 Å². The number of rotatable bonds is 4. The van der Waals surface area contributed by atoms with Crippen LogP contribution in [0.3, 0.4) is 0 Å². The molecule has 3 heteroatoms. The Hall–Kier alpha value is -2.16. The lowest BCUT2D eigenvalue weighted by atomic mass is 10.1. The molecule has 2 aromatic rings. The highest BCUT2D eigenvalue weighted by Gasteiger charge is 2.08. The average molecular weight is 285 g/mol. The molecule has 0 bridgehead atoms. The van der Waals surface area contributed by atoms with Crippen LogP contribution in [0.2, 0.25) is 0 Å². The Morgan fingerprint density at radius 2 is 1.57 bits per heavy atom. The third kappa shape index (κ3) is 3.91. The second-order valence-corrected chi connectivity index (χ2v) is 5.71. The average Bonchev–Trinajstić information content (AvgIpc) is 2.33. The Balaban J connectivity index is 2.33. The van der Waals surface area contributed by atoms with Crippen molar-refractivity contribution in [2.24, 2.45) is 0 Å². The van der Waals surface area contributed by atoms with Crippen molar-refractivity contribution in [1.82, 2.24) is 0 Å². The number of nitrogen functional groups attached to an aromatic ring is 1. The fraction of sp³-hybridized carbons (Fsp3) is 0.333. The zero-order valence-electron chi connectivity index (χ0n) is 13.4. The van der Waals surface area contributed by atoms with Crippen molar-refractivity contribution in [1.29, 1.82) is 0 Å². The van der Waals surface area contributed by atoms with Crippen LogP contribution in [0.25, 0.3) is 0 Å². The predicted octanol–water partition coefficient (Wildman–Crippen LogP) is 4.77. The van der Waals surface area contributed by atoms with E-state index >= 15 is 0 Å². The first-order chi connectivity index (χ1) is 9.85. The highest BCUT2D eigenvalue weighted by atomic mass is 16.5. The summed E-state index contributed by atoms with van der Waals surface area (Å²) in [6.45, 7) is 10.2. The van der Waals surface area contributed by atoms with Crippen molar-refractivity contribution in [2.75, 3.05) is 5.73 Å². The SMILES string of the molecule is Cc1cc(C)c(C)c(Oc2cc(N)cc(OC(C)C)c2)c1. The summed E-state index contributed by atoms with van der Waals surface area (Å²) in [6, 6.07) is 9.67. The van der Waals surface area contributed by atoms with Gasteiger partial charge in [-0.25, -0.2) is 0 Å². The number of anilines is 1. The van der Waals surface area contributed by atoms with Crippen molar-refractivity contribution < 1.29 is 9.47 Å². The molecule has 0 spiro atoms. The molecule has 0 atom stereocenters. The quantitative estimate of drug-likeness (QED) is 0.823. The van der Waals surface area contributed by atoms with Gasteiger partial charge in [-0.1, -0.05) is 6.07 Å². The minimum Gasteiger partial charge on any atom is -0.491 e. The van der Waals surface area contributed by atoms with Crippen LogP contribution in [0.15, 0.2) is 30.3 Å². The molecule has 2 N–H and O–H groups in total. The molecule has 2 aromatic carbocycles. The highest BCUT2D eigenvalue weighted by molar-refractivity contribution is 5.52. The molecule has 0 saturated carbocycles. The Kier molecular flexibility index (Phi) is 4.41. The number of benzene rings is 2. The highest BCUT2D eigenvalue weighted by Crippen LogP contribution is 2.32. The molecule has 0 aliphatic carbocycles. The van der Waals surface area contributed by atoms with E-state index in [-0.39, 0.29) is 6.10 Å². The van der Waals surface area contributed by atoms with Crippen LogP contribution in [-0.2, 0) is 0 Å².